The number of aliphatic imine (C=N–C) groups is 1. The maximum absolute atomic E-state index is 12.8. The lowest BCUT2D eigenvalue weighted by Crippen LogP contribution is -2.25. The first kappa shape index (κ1) is 24.1. The lowest BCUT2D eigenvalue weighted by atomic mass is 9.99. The van der Waals surface area contributed by atoms with Crippen molar-refractivity contribution in [3.8, 4) is 5.75 Å². The number of rotatable bonds is 6. The molecule has 2 heterocycles. The highest BCUT2D eigenvalue weighted by Crippen LogP contribution is 2.38. The van der Waals surface area contributed by atoms with Crippen LogP contribution in [-0.4, -0.2) is 40.1 Å². The maximum Gasteiger partial charge on any atom is 0.262 e. The highest BCUT2D eigenvalue weighted by Gasteiger charge is 2.39. The first-order valence-electron chi connectivity index (χ1n) is 11.4. The molecule has 182 valence electrons. The number of carbonyl (C=O) groups excluding carboxylic acids is 2. The minimum atomic E-state index is -0.607. The Kier molecular flexibility index (Phi) is 7.06. The van der Waals surface area contributed by atoms with Crippen molar-refractivity contribution in [3.63, 3.8) is 0 Å². The highest BCUT2D eigenvalue weighted by molar-refractivity contribution is 8.15. The Morgan fingerprint density at radius 1 is 1.08 bits per heavy atom. The predicted molar refractivity (Wildman–Crippen MR) is 144 cm³/mol. The molecule has 3 aromatic rings. The second-order valence-electron chi connectivity index (χ2n) is 8.35. The zero-order chi connectivity index (χ0) is 25.1. The van der Waals surface area contributed by atoms with Crippen molar-refractivity contribution in [2.24, 2.45) is 10.1 Å². The van der Waals surface area contributed by atoms with Crippen molar-refractivity contribution in [1.82, 2.24) is 5.01 Å². The summed E-state index contributed by atoms with van der Waals surface area (Å²) in [5.41, 5.74) is 3.56. The molecular weight excluding hydrogens is 496 g/mol. The van der Waals surface area contributed by atoms with Crippen LogP contribution in [0.1, 0.15) is 30.0 Å². The zero-order valence-corrected chi connectivity index (χ0v) is 21.0. The molecular formula is C27H23ClN4O3S. The fraction of sp³-hybridized carbons (Fsp3) is 0.185. The first-order chi connectivity index (χ1) is 17.5. The van der Waals surface area contributed by atoms with Crippen molar-refractivity contribution >= 4 is 51.7 Å². The summed E-state index contributed by atoms with van der Waals surface area (Å²) in [7, 11) is 1.58. The van der Waals surface area contributed by atoms with E-state index >= 15 is 0 Å². The first-order valence-corrected chi connectivity index (χ1v) is 12.7. The Bertz CT molecular complexity index is 1330. The summed E-state index contributed by atoms with van der Waals surface area (Å²) in [4.78, 5) is 29.7. The minimum absolute atomic E-state index is 0.0140. The van der Waals surface area contributed by atoms with Gasteiger partial charge in [-0.1, -0.05) is 65.8 Å². The minimum Gasteiger partial charge on any atom is -0.497 e. The molecule has 0 fully saturated rings. The van der Waals surface area contributed by atoms with Gasteiger partial charge in [0.25, 0.3) is 5.91 Å². The normalized spacial score (nSPS) is 19.2. The fourth-order valence-electron chi connectivity index (χ4n) is 4.10. The topological polar surface area (TPSA) is 83.4 Å². The molecule has 9 heteroatoms. The van der Waals surface area contributed by atoms with Crippen LogP contribution < -0.4 is 10.1 Å². The summed E-state index contributed by atoms with van der Waals surface area (Å²) in [6.07, 6.45) is 0.669. The van der Waals surface area contributed by atoms with Crippen LogP contribution in [0.5, 0.6) is 5.75 Å². The lowest BCUT2D eigenvalue weighted by Gasteiger charge is -2.23. The van der Waals surface area contributed by atoms with Gasteiger partial charge in [-0.2, -0.15) is 10.1 Å². The second-order valence-corrected chi connectivity index (χ2v) is 9.95. The number of anilines is 1. The predicted octanol–water partition coefficient (Wildman–Crippen LogP) is 5.53. The van der Waals surface area contributed by atoms with Gasteiger partial charge in [0, 0.05) is 23.6 Å². The molecule has 0 saturated heterocycles. The number of amides is 2. The van der Waals surface area contributed by atoms with E-state index in [1.165, 1.54) is 11.8 Å². The summed E-state index contributed by atoms with van der Waals surface area (Å²) in [5.74, 6) is 0.111. The SMILES string of the molecule is COc1ccc(NC(=O)CC2SC(N3N=C(c4ccc(Cl)cc4)CC3c3ccccc3)=NC2=O)cc1. The number of ether oxygens (including phenoxy) is 1. The van der Waals surface area contributed by atoms with Crippen LogP contribution in [0, 0.1) is 0 Å². The standard InChI is InChI=1S/C27H23ClN4O3S/c1-35-21-13-11-20(12-14-21)29-25(33)16-24-26(34)30-27(36-24)32-23(18-5-3-2-4-6-18)15-22(31-32)17-7-9-19(28)10-8-17/h2-14,23-24H,15-16H2,1H3,(H,29,33). The Labute approximate surface area is 218 Å². The van der Waals surface area contributed by atoms with Crippen molar-refractivity contribution in [2.45, 2.75) is 24.1 Å². The molecule has 0 aliphatic carbocycles. The Morgan fingerprint density at radius 3 is 2.50 bits per heavy atom. The Hall–Kier alpha value is -3.62. The van der Waals surface area contributed by atoms with Crippen LogP contribution in [0.2, 0.25) is 5.02 Å². The molecule has 2 aliphatic heterocycles. The van der Waals surface area contributed by atoms with Crippen molar-refractivity contribution < 1.29 is 14.3 Å². The van der Waals surface area contributed by atoms with Crippen molar-refractivity contribution in [1.29, 1.82) is 0 Å². The number of nitrogens with zero attached hydrogens (tertiary/aromatic N) is 3. The number of benzene rings is 3. The molecule has 2 atom stereocenters. The fourth-order valence-corrected chi connectivity index (χ4v) is 5.29. The van der Waals surface area contributed by atoms with E-state index in [0.29, 0.717) is 28.0 Å². The molecule has 36 heavy (non-hydrogen) atoms. The number of thioether (sulfide) groups is 1. The largest absolute Gasteiger partial charge is 0.497 e. The third-order valence-electron chi connectivity index (χ3n) is 5.94. The van der Waals surface area contributed by atoms with E-state index in [9.17, 15) is 9.59 Å². The second kappa shape index (κ2) is 10.6. The molecule has 0 aromatic heterocycles. The van der Waals surface area contributed by atoms with Gasteiger partial charge in [0.1, 0.15) is 11.0 Å². The summed E-state index contributed by atoms with van der Waals surface area (Å²) in [6.45, 7) is 0. The molecule has 2 amide bonds. The molecule has 5 rings (SSSR count). The molecule has 0 bridgehead atoms. The Balaban J connectivity index is 1.32. The van der Waals surface area contributed by atoms with Crippen LogP contribution in [-0.2, 0) is 9.59 Å². The monoisotopic (exact) mass is 518 g/mol. The van der Waals surface area contributed by atoms with Gasteiger partial charge in [0.15, 0.2) is 5.17 Å². The molecule has 1 N–H and O–H groups in total. The van der Waals surface area contributed by atoms with E-state index in [0.717, 1.165) is 16.8 Å². The molecule has 2 unspecified atom stereocenters. The van der Waals surface area contributed by atoms with Crippen LogP contribution >= 0.6 is 23.4 Å². The Morgan fingerprint density at radius 2 is 1.81 bits per heavy atom. The van der Waals surface area contributed by atoms with Crippen LogP contribution in [0.4, 0.5) is 5.69 Å². The smallest absolute Gasteiger partial charge is 0.262 e. The van der Waals surface area contributed by atoms with Gasteiger partial charge in [-0.25, -0.2) is 5.01 Å². The number of halogens is 1. The van der Waals surface area contributed by atoms with E-state index in [4.69, 9.17) is 21.4 Å². The number of nitrogens with one attached hydrogen (secondary N) is 1. The van der Waals surface area contributed by atoms with Gasteiger partial charge in [0.05, 0.1) is 18.9 Å². The third kappa shape index (κ3) is 5.29. The van der Waals surface area contributed by atoms with Gasteiger partial charge in [0.2, 0.25) is 5.91 Å². The number of carbonyl (C=O) groups is 2. The number of methoxy groups -OCH3 is 1. The average Bonchev–Trinajstić information content (AvgIpc) is 3.49. The quantitative estimate of drug-likeness (QED) is 0.464. The molecule has 3 aromatic carbocycles. The van der Waals surface area contributed by atoms with E-state index in [2.05, 4.69) is 10.3 Å². The third-order valence-corrected chi connectivity index (χ3v) is 7.34. The van der Waals surface area contributed by atoms with Crippen molar-refractivity contribution in [2.75, 3.05) is 12.4 Å². The highest BCUT2D eigenvalue weighted by atomic mass is 35.5. The van der Waals surface area contributed by atoms with Crippen LogP contribution in [0.25, 0.3) is 0 Å². The molecule has 0 radical (unpaired) electrons. The van der Waals surface area contributed by atoms with Crippen LogP contribution in [0.15, 0.2) is 89.0 Å². The van der Waals surface area contributed by atoms with E-state index in [1.807, 2.05) is 59.6 Å². The van der Waals surface area contributed by atoms with Crippen LogP contribution in [0.3, 0.4) is 0 Å². The van der Waals surface area contributed by atoms with Gasteiger partial charge in [-0.3, -0.25) is 9.59 Å². The lowest BCUT2D eigenvalue weighted by molar-refractivity contribution is -0.121. The number of hydrazone groups is 1. The number of hydrogen-bond acceptors (Lipinski definition) is 6. The molecule has 7 nitrogen and oxygen atoms in total. The molecule has 0 spiro atoms. The molecule has 0 saturated carbocycles. The van der Waals surface area contributed by atoms with Gasteiger partial charge in [-0.05, 0) is 47.5 Å². The maximum atomic E-state index is 12.8. The van der Waals surface area contributed by atoms with Crippen molar-refractivity contribution in [3.05, 3.63) is 95.0 Å². The molecule has 2 aliphatic rings. The van der Waals surface area contributed by atoms with Gasteiger partial charge >= 0.3 is 0 Å². The summed E-state index contributed by atoms with van der Waals surface area (Å²) in [6, 6.07) is 24.5. The summed E-state index contributed by atoms with van der Waals surface area (Å²) in [5, 5.41) is 10.0. The summed E-state index contributed by atoms with van der Waals surface area (Å²) < 4.78 is 5.14. The van der Waals surface area contributed by atoms with Gasteiger partial charge < -0.3 is 10.1 Å². The number of amidine groups is 1. The van der Waals surface area contributed by atoms with E-state index in [-0.39, 0.29) is 24.3 Å². The van der Waals surface area contributed by atoms with E-state index < -0.39 is 5.25 Å². The summed E-state index contributed by atoms with van der Waals surface area (Å²) >= 11 is 7.34. The average molecular weight is 519 g/mol. The zero-order valence-electron chi connectivity index (χ0n) is 19.4. The number of hydrogen-bond donors (Lipinski definition) is 1. The van der Waals surface area contributed by atoms with E-state index in [1.54, 1.807) is 31.4 Å². The van der Waals surface area contributed by atoms with Gasteiger partial charge in [-0.15, -0.1) is 0 Å².